The highest BCUT2D eigenvalue weighted by atomic mass is 16.1. The van der Waals surface area contributed by atoms with Crippen LogP contribution in [0.25, 0.3) is 0 Å². The number of nitrogens with two attached hydrogens (primary N) is 1. The molecule has 4 nitrogen and oxygen atoms in total. The lowest BCUT2D eigenvalue weighted by Crippen LogP contribution is -2.15. The van der Waals surface area contributed by atoms with Crippen LogP contribution in [-0.2, 0) is 0 Å². The molecule has 128 valence electrons. The lowest BCUT2D eigenvalue weighted by molar-refractivity contribution is 0.106. The molecular weight excluding hydrogens is 322 g/mol. The molecule has 0 aliphatic carbocycles. The number of benzene rings is 3. The summed E-state index contributed by atoms with van der Waals surface area (Å²) in [6.07, 6.45) is 0. The molecule has 26 heavy (non-hydrogen) atoms. The van der Waals surface area contributed by atoms with E-state index in [1.165, 1.54) is 0 Å². The maximum Gasteiger partial charge on any atom is 0.213 e. The Balaban J connectivity index is 2.02. The van der Waals surface area contributed by atoms with Gasteiger partial charge in [-0.25, -0.2) is 0 Å². The van der Waals surface area contributed by atoms with Crippen molar-refractivity contribution < 1.29 is 4.79 Å². The molecule has 0 heterocycles. The molecule has 3 aromatic rings. The van der Waals surface area contributed by atoms with Crippen LogP contribution >= 0.6 is 0 Å². The zero-order valence-electron chi connectivity index (χ0n) is 14.5. The first-order valence-corrected chi connectivity index (χ1v) is 8.28. The third kappa shape index (κ3) is 4.11. The van der Waals surface area contributed by atoms with Crippen LogP contribution in [-0.4, -0.2) is 17.2 Å². The molecule has 0 unspecified atom stereocenters. The van der Waals surface area contributed by atoms with Crippen LogP contribution in [0.1, 0.15) is 28.4 Å². The normalized spacial score (nSPS) is 12.0. The number of nitrogens with zero attached hydrogens (tertiary/aromatic N) is 2. The topological polar surface area (TPSA) is 67.8 Å². The van der Waals surface area contributed by atoms with Gasteiger partial charge in [0.25, 0.3) is 0 Å². The van der Waals surface area contributed by atoms with Crippen molar-refractivity contribution in [2.45, 2.75) is 6.92 Å². The molecule has 0 radical (unpaired) electrons. The van der Waals surface area contributed by atoms with Crippen molar-refractivity contribution in [2.75, 3.05) is 5.73 Å². The first-order valence-electron chi connectivity index (χ1n) is 8.28. The van der Waals surface area contributed by atoms with Gasteiger partial charge in [0.1, 0.15) is 5.71 Å². The van der Waals surface area contributed by atoms with Gasteiger partial charge in [-0.1, -0.05) is 72.8 Å². The highest BCUT2D eigenvalue weighted by molar-refractivity contribution is 6.51. The zero-order chi connectivity index (χ0) is 18.4. The van der Waals surface area contributed by atoms with E-state index in [0.29, 0.717) is 22.7 Å². The second kappa shape index (κ2) is 8.03. The Morgan fingerprint density at radius 1 is 0.731 bits per heavy atom. The summed E-state index contributed by atoms with van der Waals surface area (Å²) in [5, 5.41) is 8.58. The van der Waals surface area contributed by atoms with Crippen LogP contribution in [0.2, 0.25) is 0 Å². The molecule has 0 saturated carbocycles. The minimum atomic E-state index is -0.166. The summed E-state index contributed by atoms with van der Waals surface area (Å²) < 4.78 is 0. The Morgan fingerprint density at radius 2 is 1.31 bits per heavy atom. The molecule has 0 atom stereocenters. The van der Waals surface area contributed by atoms with Crippen molar-refractivity contribution in [1.29, 1.82) is 0 Å². The van der Waals surface area contributed by atoms with E-state index in [0.717, 1.165) is 11.1 Å². The van der Waals surface area contributed by atoms with Gasteiger partial charge >= 0.3 is 0 Å². The van der Waals surface area contributed by atoms with Crippen molar-refractivity contribution in [3.8, 4) is 0 Å². The van der Waals surface area contributed by atoms with Crippen LogP contribution in [0, 0.1) is 0 Å². The summed E-state index contributed by atoms with van der Waals surface area (Å²) >= 11 is 0. The molecule has 0 fully saturated rings. The minimum absolute atomic E-state index is 0.166. The Morgan fingerprint density at radius 3 is 1.92 bits per heavy atom. The summed E-state index contributed by atoms with van der Waals surface area (Å²) in [5.41, 5.74) is 9.64. The van der Waals surface area contributed by atoms with Crippen LogP contribution in [0.4, 0.5) is 5.69 Å². The van der Waals surface area contributed by atoms with E-state index in [1.54, 1.807) is 12.1 Å². The largest absolute Gasteiger partial charge is 0.399 e. The molecule has 4 heteroatoms. The van der Waals surface area contributed by atoms with Gasteiger partial charge in [0.15, 0.2) is 0 Å². The fourth-order valence-electron chi connectivity index (χ4n) is 2.50. The average molecular weight is 341 g/mol. The van der Waals surface area contributed by atoms with E-state index < -0.39 is 0 Å². The second-order valence-corrected chi connectivity index (χ2v) is 5.82. The number of rotatable bonds is 5. The molecular formula is C22H19N3O. The predicted molar refractivity (Wildman–Crippen MR) is 107 cm³/mol. The Bertz CT molecular complexity index is 961. The zero-order valence-corrected chi connectivity index (χ0v) is 14.5. The molecule has 0 aliphatic rings. The van der Waals surface area contributed by atoms with E-state index in [9.17, 15) is 4.79 Å². The highest BCUT2D eigenvalue weighted by Gasteiger charge is 2.16. The van der Waals surface area contributed by atoms with Crippen LogP contribution < -0.4 is 5.73 Å². The third-order valence-electron chi connectivity index (χ3n) is 3.90. The summed E-state index contributed by atoms with van der Waals surface area (Å²) in [6, 6.07) is 25.8. The van der Waals surface area contributed by atoms with E-state index in [2.05, 4.69) is 10.2 Å². The highest BCUT2D eigenvalue weighted by Crippen LogP contribution is 2.11. The molecule has 0 aliphatic heterocycles. The number of Topliss-reactive ketones (excluding diaryl/α,β-unsaturated/α-hetero) is 1. The summed E-state index contributed by atoms with van der Waals surface area (Å²) in [4.78, 5) is 12.9. The number of carbonyl (C=O) groups excluding carboxylic acids is 1. The fourth-order valence-corrected chi connectivity index (χ4v) is 2.50. The SMILES string of the molecule is CC(=NN=C(C(=O)c1ccccc1)c1ccccc1)c1cccc(N)c1. The number of hydrogen-bond acceptors (Lipinski definition) is 4. The van der Waals surface area contributed by atoms with Gasteiger partial charge in [-0.2, -0.15) is 5.10 Å². The van der Waals surface area contributed by atoms with Gasteiger partial charge in [-0.15, -0.1) is 5.10 Å². The number of hydrogen-bond donors (Lipinski definition) is 1. The number of carbonyl (C=O) groups is 1. The number of nitrogen functional groups attached to an aromatic ring is 1. The number of anilines is 1. The molecule has 3 aromatic carbocycles. The number of ketones is 1. The Labute approximate surface area is 152 Å². The van der Waals surface area contributed by atoms with Gasteiger partial charge in [-0.3, -0.25) is 4.79 Å². The first kappa shape index (κ1) is 17.3. The molecule has 3 rings (SSSR count). The van der Waals surface area contributed by atoms with Crippen molar-refractivity contribution in [2.24, 2.45) is 10.2 Å². The quantitative estimate of drug-likeness (QED) is 0.324. The lowest BCUT2D eigenvalue weighted by atomic mass is 10.0. The van der Waals surface area contributed by atoms with E-state index >= 15 is 0 Å². The molecule has 0 spiro atoms. The molecule has 0 saturated heterocycles. The van der Waals surface area contributed by atoms with E-state index in [-0.39, 0.29) is 5.78 Å². The van der Waals surface area contributed by atoms with Crippen LogP contribution in [0.15, 0.2) is 95.1 Å². The van der Waals surface area contributed by atoms with Gasteiger partial charge < -0.3 is 5.73 Å². The average Bonchev–Trinajstić information content (AvgIpc) is 2.69. The monoisotopic (exact) mass is 341 g/mol. The maximum absolute atomic E-state index is 12.9. The van der Waals surface area contributed by atoms with Gasteiger partial charge in [0.2, 0.25) is 5.78 Å². The van der Waals surface area contributed by atoms with Crippen molar-refractivity contribution in [1.82, 2.24) is 0 Å². The van der Waals surface area contributed by atoms with Crippen molar-refractivity contribution in [3.63, 3.8) is 0 Å². The fraction of sp³-hybridized carbons (Fsp3) is 0.0455. The van der Waals surface area contributed by atoms with Gasteiger partial charge in [0, 0.05) is 16.8 Å². The molecule has 0 aromatic heterocycles. The Hall–Kier alpha value is -3.53. The van der Waals surface area contributed by atoms with Crippen LogP contribution in [0.3, 0.4) is 0 Å². The van der Waals surface area contributed by atoms with Gasteiger partial charge in [-0.05, 0) is 24.6 Å². The smallest absolute Gasteiger partial charge is 0.213 e. The third-order valence-corrected chi connectivity index (χ3v) is 3.90. The maximum atomic E-state index is 12.9. The summed E-state index contributed by atoms with van der Waals surface area (Å²) in [5.74, 6) is -0.166. The summed E-state index contributed by atoms with van der Waals surface area (Å²) in [6.45, 7) is 1.84. The minimum Gasteiger partial charge on any atom is -0.399 e. The lowest BCUT2D eigenvalue weighted by Gasteiger charge is -2.05. The van der Waals surface area contributed by atoms with Crippen molar-refractivity contribution in [3.05, 3.63) is 102 Å². The van der Waals surface area contributed by atoms with E-state index in [4.69, 9.17) is 5.73 Å². The second-order valence-electron chi connectivity index (χ2n) is 5.82. The summed E-state index contributed by atoms with van der Waals surface area (Å²) in [7, 11) is 0. The van der Waals surface area contributed by atoms with Crippen molar-refractivity contribution >= 4 is 22.9 Å². The molecule has 2 N–H and O–H groups in total. The predicted octanol–water partition coefficient (Wildman–Crippen LogP) is 4.37. The standard InChI is InChI=1S/C22H19N3O/c1-16(19-13-8-14-20(23)15-19)24-25-21(17-9-4-2-5-10-17)22(26)18-11-6-3-7-12-18/h2-15H,23H2,1H3. The molecule has 0 bridgehead atoms. The Kier molecular flexibility index (Phi) is 5.34. The van der Waals surface area contributed by atoms with Crippen LogP contribution in [0.5, 0.6) is 0 Å². The van der Waals surface area contributed by atoms with Gasteiger partial charge in [0.05, 0.1) is 5.71 Å². The first-order chi connectivity index (χ1) is 12.6. The van der Waals surface area contributed by atoms with E-state index in [1.807, 2.05) is 79.7 Å². The molecule has 0 amide bonds.